The maximum Gasteiger partial charge on any atom is -0.0295 e. The molecule has 1 rings (SSSR count). The van der Waals surface area contributed by atoms with Crippen LogP contribution in [0.1, 0.15) is 53.9 Å². The molecule has 0 radical (unpaired) electrons. The highest BCUT2D eigenvalue weighted by Crippen LogP contribution is 2.32. The highest BCUT2D eigenvalue weighted by Gasteiger charge is 2.20. The Kier molecular flexibility index (Phi) is 4.22. The monoisotopic (exact) mass is 194 g/mol. The van der Waals surface area contributed by atoms with Crippen molar-refractivity contribution in [2.24, 2.45) is 23.7 Å². The van der Waals surface area contributed by atoms with Gasteiger partial charge in [0, 0.05) is 0 Å². The van der Waals surface area contributed by atoms with Crippen LogP contribution >= 0.6 is 0 Å². The molecular formula is C14H26. The maximum atomic E-state index is 2.47. The summed E-state index contributed by atoms with van der Waals surface area (Å²) in [7, 11) is 0. The van der Waals surface area contributed by atoms with E-state index in [0.717, 1.165) is 23.7 Å². The normalized spacial score (nSPS) is 40.8. The summed E-state index contributed by atoms with van der Waals surface area (Å²) in [6, 6.07) is 0. The molecule has 82 valence electrons. The van der Waals surface area contributed by atoms with Gasteiger partial charge in [0.2, 0.25) is 0 Å². The van der Waals surface area contributed by atoms with Gasteiger partial charge in [-0.2, -0.15) is 0 Å². The molecule has 0 aromatic rings. The van der Waals surface area contributed by atoms with Gasteiger partial charge in [-0.1, -0.05) is 39.3 Å². The van der Waals surface area contributed by atoms with Gasteiger partial charge in [0.05, 0.1) is 0 Å². The predicted octanol–water partition coefficient (Wildman–Crippen LogP) is 4.66. The van der Waals surface area contributed by atoms with Crippen molar-refractivity contribution in [3.63, 3.8) is 0 Å². The van der Waals surface area contributed by atoms with Crippen molar-refractivity contribution >= 4 is 0 Å². The first-order valence-electron chi connectivity index (χ1n) is 6.16. The minimum Gasteiger partial charge on any atom is -0.0853 e. The zero-order valence-corrected chi connectivity index (χ0v) is 10.5. The Morgan fingerprint density at radius 1 is 0.929 bits per heavy atom. The van der Waals surface area contributed by atoms with Gasteiger partial charge >= 0.3 is 0 Å². The third kappa shape index (κ3) is 3.15. The molecule has 0 aromatic heterocycles. The van der Waals surface area contributed by atoms with Gasteiger partial charge in [-0.3, -0.25) is 0 Å². The molecule has 4 unspecified atom stereocenters. The Morgan fingerprint density at radius 2 is 1.50 bits per heavy atom. The second kappa shape index (κ2) is 5.00. The van der Waals surface area contributed by atoms with E-state index in [1.807, 2.05) is 0 Å². The fourth-order valence-corrected chi connectivity index (χ4v) is 2.46. The Bertz CT molecular complexity index is 202. The zero-order chi connectivity index (χ0) is 10.7. The summed E-state index contributed by atoms with van der Waals surface area (Å²) < 4.78 is 0. The quantitative estimate of drug-likeness (QED) is 0.492. The average molecular weight is 194 g/mol. The lowest BCUT2D eigenvalue weighted by atomic mass is 9.81. The van der Waals surface area contributed by atoms with Crippen molar-refractivity contribution in [2.45, 2.75) is 53.9 Å². The molecule has 0 aromatic carbocycles. The molecule has 0 fully saturated rings. The first kappa shape index (κ1) is 11.8. The van der Waals surface area contributed by atoms with Crippen LogP contribution in [0.15, 0.2) is 11.6 Å². The second-order valence-electron chi connectivity index (χ2n) is 5.64. The van der Waals surface area contributed by atoms with E-state index in [1.165, 1.54) is 19.3 Å². The van der Waals surface area contributed by atoms with Crippen LogP contribution in [0, 0.1) is 23.7 Å². The van der Waals surface area contributed by atoms with Crippen LogP contribution in [-0.2, 0) is 0 Å². The smallest absolute Gasteiger partial charge is 0.0295 e. The van der Waals surface area contributed by atoms with E-state index in [0.29, 0.717) is 0 Å². The Morgan fingerprint density at radius 3 is 2.14 bits per heavy atom. The lowest BCUT2D eigenvalue weighted by Crippen LogP contribution is -2.15. The zero-order valence-electron chi connectivity index (χ0n) is 10.5. The van der Waals surface area contributed by atoms with Crippen molar-refractivity contribution < 1.29 is 0 Å². The summed E-state index contributed by atoms with van der Waals surface area (Å²) >= 11 is 0. The number of rotatable bonds is 0. The summed E-state index contributed by atoms with van der Waals surface area (Å²) in [5.74, 6) is 3.49. The first-order chi connectivity index (χ1) is 6.50. The van der Waals surface area contributed by atoms with Crippen LogP contribution in [0.2, 0.25) is 0 Å². The molecule has 0 nitrogen and oxygen atoms in total. The predicted molar refractivity (Wildman–Crippen MR) is 64.3 cm³/mol. The third-order valence-electron chi connectivity index (χ3n) is 4.17. The molecular weight excluding hydrogens is 168 g/mol. The molecule has 0 aliphatic heterocycles. The van der Waals surface area contributed by atoms with Crippen molar-refractivity contribution in [2.75, 3.05) is 0 Å². The van der Waals surface area contributed by atoms with E-state index in [-0.39, 0.29) is 0 Å². The average Bonchev–Trinajstić information content (AvgIpc) is 2.15. The molecule has 0 heterocycles. The maximum absolute atomic E-state index is 2.47. The van der Waals surface area contributed by atoms with Crippen LogP contribution in [0.4, 0.5) is 0 Å². The van der Waals surface area contributed by atoms with Crippen LogP contribution in [0.5, 0.6) is 0 Å². The van der Waals surface area contributed by atoms with E-state index in [4.69, 9.17) is 0 Å². The molecule has 1 aliphatic carbocycles. The van der Waals surface area contributed by atoms with Crippen molar-refractivity contribution in [3.8, 4) is 0 Å². The first-order valence-corrected chi connectivity index (χ1v) is 6.16. The van der Waals surface area contributed by atoms with E-state index >= 15 is 0 Å². The fraction of sp³-hybridized carbons (Fsp3) is 0.857. The molecule has 0 heteroatoms. The van der Waals surface area contributed by atoms with Crippen molar-refractivity contribution in [3.05, 3.63) is 11.6 Å². The standard InChI is InChI=1S/C14H26/c1-10-6-7-11(2)13(4)9-14(5)12(3)8-10/h6,11-14H,7-9H2,1-5H3. The lowest BCUT2D eigenvalue weighted by molar-refractivity contribution is 0.267. The summed E-state index contributed by atoms with van der Waals surface area (Å²) in [4.78, 5) is 0. The molecule has 0 saturated carbocycles. The van der Waals surface area contributed by atoms with E-state index in [2.05, 4.69) is 40.7 Å². The molecule has 14 heavy (non-hydrogen) atoms. The van der Waals surface area contributed by atoms with Gasteiger partial charge in [-0.15, -0.1) is 0 Å². The largest absolute Gasteiger partial charge is 0.0853 e. The van der Waals surface area contributed by atoms with Gasteiger partial charge in [-0.25, -0.2) is 0 Å². The van der Waals surface area contributed by atoms with Gasteiger partial charge in [-0.05, 0) is 49.9 Å². The van der Waals surface area contributed by atoms with Gasteiger partial charge in [0.1, 0.15) is 0 Å². The van der Waals surface area contributed by atoms with Crippen LogP contribution in [-0.4, -0.2) is 0 Å². The lowest BCUT2D eigenvalue weighted by Gasteiger charge is -2.24. The molecule has 1 aliphatic rings. The summed E-state index contributed by atoms with van der Waals surface area (Å²) in [6.07, 6.45) is 6.46. The van der Waals surface area contributed by atoms with E-state index in [9.17, 15) is 0 Å². The summed E-state index contributed by atoms with van der Waals surface area (Å²) in [5.41, 5.74) is 1.60. The van der Waals surface area contributed by atoms with Crippen LogP contribution in [0.3, 0.4) is 0 Å². The van der Waals surface area contributed by atoms with Crippen LogP contribution in [0.25, 0.3) is 0 Å². The highest BCUT2D eigenvalue weighted by atomic mass is 14.3. The summed E-state index contributed by atoms with van der Waals surface area (Å²) in [6.45, 7) is 11.9. The topological polar surface area (TPSA) is 0 Å². The Balaban J connectivity index is 2.71. The number of hydrogen-bond donors (Lipinski definition) is 0. The molecule has 0 spiro atoms. The molecule has 0 saturated heterocycles. The Labute approximate surface area is 89.8 Å². The van der Waals surface area contributed by atoms with Gasteiger partial charge in [0.25, 0.3) is 0 Å². The molecule has 0 amide bonds. The van der Waals surface area contributed by atoms with E-state index in [1.54, 1.807) is 5.57 Å². The van der Waals surface area contributed by atoms with Crippen LogP contribution < -0.4 is 0 Å². The fourth-order valence-electron chi connectivity index (χ4n) is 2.46. The minimum absolute atomic E-state index is 0.859. The molecule has 0 N–H and O–H groups in total. The second-order valence-corrected chi connectivity index (χ2v) is 5.64. The molecule has 0 bridgehead atoms. The minimum atomic E-state index is 0.859. The number of allylic oxidation sites excluding steroid dienone is 2. The highest BCUT2D eigenvalue weighted by molar-refractivity contribution is 5.01. The third-order valence-corrected chi connectivity index (χ3v) is 4.17. The van der Waals surface area contributed by atoms with E-state index < -0.39 is 0 Å². The van der Waals surface area contributed by atoms with Gasteiger partial charge in [0.15, 0.2) is 0 Å². The van der Waals surface area contributed by atoms with Crippen molar-refractivity contribution in [1.82, 2.24) is 0 Å². The van der Waals surface area contributed by atoms with Gasteiger partial charge < -0.3 is 0 Å². The molecule has 4 atom stereocenters. The SMILES string of the molecule is CC1=CCC(C)C(C)CC(C)C(C)C1. The Hall–Kier alpha value is -0.260. The summed E-state index contributed by atoms with van der Waals surface area (Å²) in [5, 5.41) is 0. The number of hydrogen-bond acceptors (Lipinski definition) is 0. The van der Waals surface area contributed by atoms with Crippen molar-refractivity contribution in [1.29, 1.82) is 0 Å².